The molecule has 0 amide bonds. The zero-order chi connectivity index (χ0) is 65.7. The normalized spacial score (nSPS) is 11.5. The molecule has 0 bridgehead atoms. The maximum absolute atomic E-state index is 14.7. The molecule has 0 atom stereocenters. The molecule has 0 radical (unpaired) electrons. The highest BCUT2D eigenvalue weighted by Gasteiger charge is 2.30. The predicted molar refractivity (Wildman–Crippen MR) is 406 cm³/mol. The first kappa shape index (κ1) is 58.9. The molecule has 0 aliphatic carbocycles. The Morgan fingerprint density at radius 2 is 0.531 bits per heavy atom. The first-order chi connectivity index (χ1) is 48.3. The molecule has 0 N–H and O–H groups in total. The van der Waals surface area contributed by atoms with Gasteiger partial charge in [-0.25, -0.2) is 8.42 Å². The lowest BCUT2D eigenvalue weighted by atomic mass is 9.94. The van der Waals surface area contributed by atoms with Gasteiger partial charge in [-0.1, -0.05) is 237 Å². The Labute approximate surface area is 568 Å². The van der Waals surface area contributed by atoms with Crippen molar-refractivity contribution in [1.29, 1.82) is 5.26 Å². The number of rotatable bonds is 14. The average molecular weight is 1270 g/mol. The van der Waals surface area contributed by atoms with Crippen molar-refractivity contribution in [3.8, 4) is 23.1 Å². The number of nitriles is 1. The predicted octanol–water partition coefficient (Wildman–Crippen LogP) is 22.4. The number of hydrogen-bond donors (Lipinski definition) is 0. The van der Waals surface area contributed by atoms with Crippen molar-refractivity contribution in [2.24, 2.45) is 0 Å². The minimum absolute atomic E-state index is 0.112. The van der Waals surface area contributed by atoms with E-state index in [1.54, 1.807) is 24.3 Å². The largest absolute Gasteiger partial charge is 0.308 e. The van der Waals surface area contributed by atoms with E-state index in [0.29, 0.717) is 5.56 Å². The molecule has 0 unspecified atom stereocenters. The van der Waals surface area contributed by atoms with Crippen LogP contribution in [0.4, 0.5) is 0 Å². The Morgan fingerprint density at radius 1 is 0.286 bits per heavy atom. The van der Waals surface area contributed by atoms with Crippen LogP contribution in [-0.4, -0.2) is 22.1 Å². The van der Waals surface area contributed by atoms with Crippen LogP contribution in [0.1, 0.15) is 55.6 Å². The van der Waals surface area contributed by atoms with Gasteiger partial charge in [0.05, 0.1) is 54.5 Å². The summed E-state index contributed by atoms with van der Waals surface area (Å²) < 4.78 is 36.6. The molecule has 17 rings (SSSR count). The minimum atomic E-state index is -4.01. The molecule has 3 heterocycles. The molecule has 17 aromatic rings. The minimum Gasteiger partial charge on any atom is -0.308 e. The fourth-order valence-electron chi connectivity index (χ4n) is 14.4. The summed E-state index contributed by atoms with van der Waals surface area (Å²) in [5.41, 5.74) is 22.2. The number of para-hydroxylation sites is 2. The number of nitrogens with zero attached hydrogens (tertiary/aromatic N) is 4. The summed E-state index contributed by atoms with van der Waals surface area (Å²) in [5, 5.41) is 15.9. The first-order valence-corrected chi connectivity index (χ1v) is 34.3. The zero-order valence-electron chi connectivity index (χ0n) is 53.2. The molecule has 3 aromatic heterocycles. The smallest absolute Gasteiger partial charge is 0.206 e. The summed E-state index contributed by atoms with van der Waals surface area (Å²) >= 11 is 0. The first-order valence-electron chi connectivity index (χ1n) is 32.9. The molecule has 462 valence electrons. The third-order valence-electron chi connectivity index (χ3n) is 18.9. The lowest BCUT2D eigenvalue weighted by Crippen LogP contribution is -2.03. The van der Waals surface area contributed by atoms with Crippen molar-refractivity contribution >= 4 is 110 Å². The summed E-state index contributed by atoms with van der Waals surface area (Å²) in [6.45, 7) is 0. The quantitative estimate of drug-likeness (QED) is 0.102. The maximum atomic E-state index is 14.7. The van der Waals surface area contributed by atoms with Crippen LogP contribution in [0.25, 0.3) is 117 Å². The van der Waals surface area contributed by atoms with Crippen LogP contribution in [0.2, 0.25) is 0 Å². The third-order valence-corrected chi connectivity index (χ3v) is 20.6. The van der Waals surface area contributed by atoms with Gasteiger partial charge in [0.25, 0.3) is 0 Å². The van der Waals surface area contributed by atoms with Crippen molar-refractivity contribution in [1.82, 2.24) is 13.7 Å². The van der Waals surface area contributed by atoms with Gasteiger partial charge < -0.3 is 13.7 Å². The molecule has 0 fully saturated rings. The highest BCUT2D eigenvalue weighted by molar-refractivity contribution is 7.91. The van der Waals surface area contributed by atoms with Crippen molar-refractivity contribution in [2.75, 3.05) is 0 Å². The van der Waals surface area contributed by atoms with Crippen LogP contribution in [0.5, 0.6) is 0 Å². The Hall–Kier alpha value is -12.9. The molecular formula is C91H60N4O2S. The molecule has 0 aliphatic rings. The van der Waals surface area contributed by atoms with E-state index in [9.17, 15) is 13.7 Å². The Bertz CT molecular complexity index is 5960. The summed E-state index contributed by atoms with van der Waals surface area (Å²) in [5.74, 6) is 0. The van der Waals surface area contributed by atoms with Crippen molar-refractivity contribution in [3.63, 3.8) is 0 Å². The third kappa shape index (κ3) is 10.4. The van der Waals surface area contributed by atoms with E-state index in [2.05, 4.69) is 335 Å². The molecular weight excluding hydrogens is 1210 g/mol. The monoisotopic (exact) mass is 1270 g/mol. The Kier molecular flexibility index (Phi) is 14.9. The molecule has 0 saturated carbocycles. The number of benzene rings is 14. The molecule has 0 spiro atoms. The van der Waals surface area contributed by atoms with Crippen LogP contribution in [-0.2, 0) is 9.84 Å². The second-order valence-corrected chi connectivity index (χ2v) is 26.6. The van der Waals surface area contributed by atoms with Gasteiger partial charge >= 0.3 is 0 Å². The highest BCUT2D eigenvalue weighted by Crippen LogP contribution is 2.51. The number of aromatic nitrogens is 3. The molecule has 98 heavy (non-hydrogen) atoms. The van der Waals surface area contributed by atoms with E-state index < -0.39 is 9.84 Å². The SMILES string of the molecule is N#Cc1ccc(S(=O)(=O)c2ccc(-n3c4ccc(C=C(c5ccccc5)c5ccccc5)cc4c4c5c(c6cc(C=C(c7ccccc7)c7ccccc7)ccc6n5-c5ccccc5)c5c(c6cc(C=C(c7ccccc7)c7ccccc7)ccc6n5-c5ccccc5)c43)cc2)cc1. The Balaban J connectivity index is 1.08. The summed E-state index contributed by atoms with van der Waals surface area (Å²) in [4.78, 5) is 0.253. The Morgan fingerprint density at radius 3 is 0.796 bits per heavy atom. The topological polar surface area (TPSA) is 72.7 Å². The van der Waals surface area contributed by atoms with Crippen molar-refractivity contribution < 1.29 is 8.42 Å². The lowest BCUT2D eigenvalue weighted by molar-refractivity contribution is 0.596. The van der Waals surface area contributed by atoms with Gasteiger partial charge in [-0.3, -0.25) is 0 Å². The highest BCUT2D eigenvalue weighted by atomic mass is 32.2. The average Bonchev–Trinajstić information content (AvgIpc) is 1.50. The van der Waals surface area contributed by atoms with Crippen LogP contribution in [0.15, 0.2) is 356 Å². The van der Waals surface area contributed by atoms with Crippen LogP contribution in [0.3, 0.4) is 0 Å². The van der Waals surface area contributed by atoms with Gasteiger partial charge in [-0.2, -0.15) is 5.26 Å². The standard InChI is InChI=1S/C91H60N4O2S/c92-61-62-41-48-75(49-42-62)98(96,97)76-50-46-74(47-51-76)95-85-54-45-65(57-79(70-33-17-5-18-34-70)71-35-19-6-20-36-71)60-82(85)88-90-86(80-58-63(43-52-83(80)93(90)72-37-21-7-22-38-72)55-77(66-25-9-1-10-26-66)67-27-11-2-12-28-67)89-87(91(88)95)81-59-64(44-53-84(81)94(89)73-39-23-8-24-40-73)56-78(68-29-13-3-14-30-68)69-31-15-4-16-32-69/h1-60H. The van der Waals surface area contributed by atoms with Crippen LogP contribution in [0, 0.1) is 11.3 Å². The molecule has 6 nitrogen and oxygen atoms in total. The zero-order valence-corrected chi connectivity index (χ0v) is 54.0. The van der Waals surface area contributed by atoms with Crippen LogP contribution < -0.4 is 0 Å². The van der Waals surface area contributed by atoms with E-state index in [-0.39, 0.29) is 9.79 Å². The lowest BCUT2D eigenvalue weighted by Gasteiger charge is -2.14. The fraction of sp³-hybridized carbons (Fsp3) is 0. The van der Waals surface area contributed by atoms with Gasteiger partial charge in [0.1, 0.15) is 0 Å². The summed E-state index contributed by atoms with van der Waals surface area (Å²) in [6.07, 6.45) is 6.96. The maximum Gasteiger partial charge on any atom is 0.206 e. The molecule has 14 aromatic carbocycles. The number of sulfone groups is 1. The van der Waals surface area contributed by atoms with Gasteiger partial charge in [0, 0.05) is 49.4 Å². The number of fused-ring (bicyclic) bond motifs is 12. The van der Waals surface area contributed by atoms with Crippen molar-refractivity contribution in [2.45, 2.75) is 9.79 Å². The molecule has 7 heteroatoms. The van der Waals surface area contributed by atoms with Gasteiger partial charge in [0.2, 0.25) is 9.84 Å². The molecule has 0 saturated heterocycles. The molecule has 0 aliphatic heterocycles. The number of hydrogen-bond acceptors (Lipinski definition) is 3. The van der Waals surface area contributed by atoms with E-state index in [4.69, 9.17) is 0 Å². The van der Waals surface area contributed by atoms with Gasteiger partial charge in [0.15, 0.2) is 0 Å². The van der Waals surface area contributed by atoms with E-state index in [0.717, 1.165) is 149 Å². The van der Waals surface area contributed by atoms with E-state index in [1.165, 1.54) is 12.1 Å². The summed E-state index contributed by atoms with van der Waals surface area (Å²) in [6, 6.07) is 122. The fourth-order valence-corrected chi connectivity index (χ4v) is 15.7. The summed E-state index contributed by atoms with van der Waals surface area (Å²) in [7, 11) is -4.01. The second kappa shape index (κ2) is 24.8. The van der Waals surface area contributed by atoms with Gasteiger partial charge in [-0.05, 0) is 194 Å². The van der Waals surface area contributed by atoms with E-state index >= 15 is 0 Å². The second-order valence-electron chi connectivity index (χ2n) is 24.7. The van der Waals surface area contributed by atoms with Crippen LogP contribution >= 0.6 is 0 Å². The van der Waals surface area contributed by atoms with Crippen molar-refractivity contribution in [3.05, 3.63) is 401 Å². The van der Waals surface area contributed by atoms with Gasteiger partial charge in [-0.15, -0.1) is 0 Å². The van der Waals surface area contributed by atoms with E-state index in [1.807, 2.05) is 12.1 Å².